The molecular weight excluding hydrogens is 326 g/mol. The van der Waals surface area contributed by atoms with E-state index in [1.54, 1.807) is 36.0 Å². The van der Waals surface area contributed by atoms with Crippen molar-refractivity contribution in [1.82, 2.24) is 15.1 Å². The Bertz CT molecular complexity index is 995. The lowest BCUT2D eigenvalue weighted by molar-refractivity contribution is 0.0943. The number of amides is 1. The zero-order valence-electron chi connectivity index (χ0n) is 13.3. The summed E-state index contributed by atoms with van der Waals surface area (Å²) >= 11 is 5.92. The number of fused-ring (bicyclic) bond motifs is 1. The van der Waals surface area contributed by atoms with Crippen LogP contribution >= 0.6 is 11.6 Å². The maximum atomic E-state index is 12.6. The summed E-state index contributed by atoms with van der Waals surface area (Å²) in [5.41, 5.74) is 2.02. The van der Waals surface area contributed by atoms with Crippen molar-refractivity contribution in [3.8, 4) is 0 Å². The lowest BCUT2D eigenvalue weighted by atomic mass is 10.1. The molecule has 0 atom stereocenters. The van der Waals surface area contributed by atoms with E-state index in [0.717, 1.165) is 11.1 Å². The molecule has 0 aliphatic heterocycles. The summed E-state index contributed by atoms with van der Waals surface area (Å²) in [4.78, 5) is 25.0. The molecule has 1 heterocycles. The summed E-state index contributed by atoms with van der Waals surface area (Å²) < 4.78 is 1.55. The summed E-state index contributed by atoms with van der Waals surface area (Å²) in [6.07, 6.45) is 0. The number of benzene rings is 2. The van der Waals surface area contributed by atoms with E-state index in [4.69, 9.17) is 11.6 Å². The number of hydrogen-bond donors (Lipinski definition) is 1. The van der Waals surface area contributed by atoms with E-state index in [1.807, 2.05) is 25.1 Å². The van der Waals surface area contributed by atoms with Gasteiger partial charge in [0.15, 0.2) is 5.69 Å². The molecule has 0 bridgehead atoms. The van der Waals surface area contributed by atoms with Crippen molar-refractivity contribution >= 4 is 28.4 Å². The van der Waals surface area contributed by atoms with Crippen molar-refractivity contribution in [2.24, 2.45) is 7.05 Å². The maximum absolute atomic E-state index is 12.6. The van der Waals surface area contributed by atoms with Gasteiger partial charge in [-0.15, -0.1) is 0 Å². The van der Waals surface area contributed by atoms with Gasteiger partial charge in [-0.05, 0) is 36.8 Å². The van der Waals surface area contributed by atoms with Gasteiger partial charge >= 0.3 is 0 Å². The molecule has 24 heavy (non-hydrogen) atoms. The minimum atomic E-state index is -0.501. The monoisotopic (exact) mass is 341 g/mol. The molecule has 3 aromatic rings. The number of carbonyl (C=O) groups is 1. The Morgan fingerprint density at radius 3 is 2.79 bits per heavy atom. The second kappa shape index (κ2) is 6.45. The van der Waals surface area contributed by atoms with Crippen molar-refractivity contribution in [3.05, 3.63) is 74.5 Å². The highest BCUT2D eigenvalue weighted by atomic mass is 35.5. The lowest BCUT2D eigenvalue weighted by Gasteiger charge is -2.09. The molecular formula is C18H16ClN3O2. The van der Waals surface area contributed by atoms with Crippen LogP contribution in [0.1, 0.15) is 21.6 Å². The number of halogens is 1. The number of aryl methyl sites for hydroxylation is 2. The summed E-state index contributed by atoms with van der Waals surface area (Å²) in [6.45, 7) is 2.17. The molecule has 6 heteroatoms. The SMILES string of the molecule is Cc1ccc2c(c1)c(=O)c(C(=O)NCc1cccc(Cl)c1)nn2C. The standard InChI is InChI=1S/C18H16ClN3O2/c1-11-6-7-15-14(8-11)17(23)16(21-22(15)2)18(24)20-10-12-4-3-5-13(19)9-12/h3-9H,10H2,1-2H3,(H,20,24). The lowest BCUT2D eigenvalue weighted by Crippen LogP contribution is -2.31. The van der Waals surface area contributed by atoms with E-state index in [0.29, 0.717) is 15.9 Å². The van der Waals surface area contributed by atoms with E-state index in [9.17, 15) is 9.59 Å². The van der Waals surface area contributed by atoms with Gasteiger partial charge in [-0.1, -0.05) is 35.4 Å². The number of rotatable bonds is 3. The van der Waals surface area contributed by atoms with Gasteiger partial charge in [0.1, 0.15) is 0 Å². The molecule has 2 aromatic carbocycles. The third kappa shape index (κ3) is 3.16. The fraction of sp³-hybridized carbons (Fsp3) is 0.167. The minimum absolute atomic E-state index is 0.113. The van der Waals surface area contributed by atoms with Crippen LogP contribution in [0.3, 0.4) is 0 Å². The van der Waals surface area contributed by atoms with Crippen molar-refractivity contribution in [2.75, 3.05) is 0 Å². The normalized spacial score (nSPS) is 10.8. The Labute approximate surface area is 143 Å². The van der Waals surface area contributed by atoms with Gasteiger partial charge in [-0.25, -0.2) is 0 Å². The Morgan fingerprint density at radius 2 is 2.04 bits per heavy atom. The smallest absolute Gasteiger partial charge is 0.276 e. The molecule has 0 spiro atoms. The van der Waals surface area contributed by atoms with Gasteiger partial charge in [-0.2, -0.15) is 5.10 Å². The van der Waals surface area contributed by atoms with Crippen molar-refractivity contribution in [1.29, 1.82) is 0 Å². The van der Waals surface area contributed by atoms with E-state index < -0.39 is 5.91 Å². The van der Waals surface area contributed by atoms with Crippen LogP contribution in [0, 0.1) is 6.92 Å². The summed E-state index contributed by atoms with van der Waals surface area (Å²) in [5, 5.41) is 7.92. The molecule has 0 radical (unpaired) electrons. The Kier molecular flexibility index (Phi) is 4.36. The number of hydrogen-bond acceptors (Lipinski definition) is 3. The predicted octanol–water partition coefficient (Wildman–Crippen LogP) is 2.83. The molecule has 0 saturated carbocycles. The summed E-state index contributed by atoms with van der Waals surface area (Å²) in [7, 11) is 1.71. The summed E-state index contributed by atoms with van der Waals surface area (Å²) in [5.74, 6) is -0.501. The van der Waals surface area contributed by atoms with Crippen LogP contribution in [0.25, 0.3) is 10.9 Å². The van der Waals surface area contributed by atoms with Crippen LogP contribution in [0.2, 0.25) is 5.02 Å². The molecule has 1 amide bonds. The van der Waals surface area contributed by atoms with Gasteiger partial charge in [-0.3, -0.25) is 14.3 Å². The highest BCUT2D eigenvalue weighted by Gasteiger charge is 2.16. The molecule has 1 aromatic heterocycles. The zero-order valence-corrected chi connectivity index (χ0v) is 14.1. The highest BCUT2D eigenvalue weighted by Crippen LogP contribution is 2.12. The van der Waals surface area contributed by atoms with Crippen molar-refractivity contribution in [2.45, 2.75) is 13.5 Å². The van der Waals surface area contributed by atoms with E-state index in [-0.39, 0.29) is 17.7 Å². The van der Waals surface area contributed by atoms with E-state index in [1.165, 1.54) is 0 Å². The van der Waals surface area contributed by atoms with E-state index in [2.05, 4.69) is 10.4 Å². The molecule has 1 N–H and O–H groups in total. The van der Waals surface area contributed by atoms with Crippen LogP contribution in [-0.4, -0.2) is 15.7 Å². The third-order valence-electron chi connectivity index (χ3n) is 3.77. The number of nitrogens with zero attached hydrogens (tertiary/aromatic N) is 2. The van der Waals surface area contributed by atoms with Crippen LogP contribution in [0.4, 0.5) is 0 Å². The van der Waals surface area contributed by atoms with Gasteiger partial charge < -0.3 is 5.32 Å². The molecule has 3 rings (SSSR count). The predicted molar refractivity (Wildman–Crippen MR) is 94.3 cm³/mol. The van der Waals surface area contributed by atoms with E-state index >= 15 is 0 Å². The van der Waals surface area contributed by atoms with Gasteiger partial charge in [0.05, 0.1) is 10.9 Å². The highest BCUT2D eigenvalue weighted by molar-refractivity contribution is 6.30. The van der Waals surface area contributed by atoms with Crippen LogP contribution in [-0.2, 0) is 13.6 Å². The Balaban J connectivity index is 1.92. The Morgan fingerprint density at radius 1 is 1.25 bits per heavy atom. The first-order chi connectivity index (χ1) is 11.5. The minimum Gasteiger partial charge on any atom is -0.346 e. The quantitative estimate of drug-likeness (QED) is 0.796. The first-order valence-corrected chi connectivity index (χ1v) is 7.84. The van der Waals surface area contributed by atoms with Crippen LogP contribution < -0.4 is 10.7 Å². The average Bonchev–Trinajstić information content (AvgIpc) is 2.56. The third-order valence-corrected chi connectivity index (χ3v) is 4.00. The zero-order chi connectivity index (χ0) is 17.3. The first-order valence-electron chi connectivity index (χ1n) is 7.46. The Hall–Kier alpha value is -2.66. The molecule has 0 aliphatic carbocycles. The number of nitrogens with one attached hydrogen (secondary N) is 1. The molecule has 5 nitrogen and oxygen atoms in total. The molecule has 122 valence electrons. The fourth-order valence-electron chi connectivity index (χ4n) is 2.55. The molecule has 0 unspecified atom stereocenters. The second-order valence-corrected chi connectivity index (χ2v) is 6.07. The van der Waals surface area contributed by atoms with Crippen LogP contribution in [0.5, 0.6) is 0 Å². The van der Waals surface area contributed by atoms with Crippen molar-refractivity contribution < 1.29 is 4.79 Å². The average molecular weight is 342 g/mol. The molecule has 0 aliphatic rings. The molecule has 0 fully saturated rings. The summed E-state index contributed by atoms with van der Waals surface area (Å²) in [6, 6.07) is 12.7. The fourth-order valence-corrected chi connectivity index (χ4v) is 2.77. The largest absolute Gasteiger partial charge is 0.346 e. The van der Waals surface area contributed by atoms with Gasteiger partial charge in [0.25, 0.3) is 5.91 Å². The van der Waals surface area contributed by atoms with Gasteiger partial charge in [0.2, 0.25) is 5.43 Å². The topological polar surface area (TPSA) is 64.0 Å². The van der Waals surface area contributed by atoms with Crippen LogP contribution in [0.15, 0.2) is 47.3 Å². The van der Waals surface area contributed by atoms with Crippen molar-refractivity contribution in [3.63, 3.8) is 0 Å². The van der Waals surface area contributed by atoms with Gasteiger partial charge in [0, 0.05) is 18.6 Å². The second-order valence-electron chi connectivity index (χ2n) is 5.63. The molecule has 0 saturated heterocycles. The number of aromatic nitrogens is 2. The first kappa shape index (κ1) is 16.2. The maximum Gasteiger partial charge on any atom is 0.276 e. The number of carbonyl (C=O) groups excluding carboxylic acids is 1.